The molecule has 0 saturated heterocycles. The molecule has 3 heteroatoms. The number of hydrogen-bond donors (Lipinski definition) is 2. The third-order valence-electron chi connectivity index (χ3n) is 4.39. The molecule has 0 fully saturated rings. The number of hydrogen-bond acceptors (Lipinski definition) is 2. The monoisotopic (exact) mass is 323 g/mol. The number of rotatable bonds is 10. The van der Waals surface area contributed by atoms with Crippen LogP contribution in [-0.2, 0) is 12.8 Å². The van der Waals surface area contributed by atoms with Gasteiger partial charge in [-0.05, 0) is 42.9 Å². The molecule has 0 unspecified atom stereocenters. The second-order valence-electron chi connectivity index (χ2n) is 6.32. The van der Waals surface area contributed by atoms with Crippen LogP contribution in [0.2, 0.25) is 0 Å². The molecule has 0 aliphatic heterocycles. The maximum atomic E-state index is 5.75. The van der Waals surface area contributed by atoms with E-state index in [1.54, 1.807) is 0 Å². The van der Waals surface area contributed by atoms with E-state index in [-0.39, 0.29) is 0 Å². The second-order valence-corrected chi connectivity index (χ2v) is 6.32. The predicted molar refractivity (Wildman–Crippen MR) is 103 cm³/mol. The Bertz CT molecular complexity index is 620. The number of aryl methyl sites for hydroxylation is 2. The molecule has 128 valence electrons. The van der Waals surface area contributed by atoms with Crippen molar-refractivity contribution in [3.8, 4) is 0 Å². The molecule has 2 aromatic carbocycles. The van der Waals surface area contributed by atoms with Crippen LogP contribution in [0.4, 0.5) is 0 Å². The summed E-state index contributed by atoms with van der Waals surface area (Å²) in [5, 5.41) is 3.55. The zero-order valence-corrected chi connectivity index (χ0v) is 14.5. The van der Waals surface area contributed by atoms with Gasteiger partial charge in [-0.3, -0.25) is 0 Å². The van der Waals surface area contributed by atoms with Crippen molar-refractivity contribution in [2.45, 2.75) is 51.4 Å². The molecule has 0 amide bonds. The lowest BCUT2D eigenvalue weighted by Gasteiger charge is -2.05. The molecule has 0 aliphatic rings. The molecule has 2 rings (SSSR count). The largest absolute Gasteiger partial charge is 0.382 e. The third kappa shape index (κ3) is 6.45. The van der Waals surface area contributed by atoms with E-state index in [4.69, 9.17) is 11.6 Å². The fourth-order valence-electron chi connectivity index (χ4n) is 2.97. The highest BCUT2D eigenvalue weighted by atomic mass is 15.1. The Morgan fingerprint density at radius 2 is 1.29 bits per heavy atom. The van der Waals surface area contributed by atoms with E-state index in [0.29, 0.717) is 5.84 Å². The van der Waals surface area contributed by atoms with Gasteiger partial charge >= 0.3 is 0 Å². The van der Waals surface area contributed by atoms with Gasteiger partial charge in [-0.15, -0.1) is 0 Å². The van der Waals surface area contributed by atoms with Crippen molar-refractivity contribution in [3.05, 3.63) is 71.3 Å². The summed E-state index contributed by atoms with van der Waals surface area (Å²) in [5.74, 6) is 5.63. The minimum atomic E-state index is 0.398. The molecule has 3 nitrogen and oxygen atoms in total. The Labute approximate surface area is 145 Å². The van der Waals surface area contributed by atoms with Crippen LogP contribution in [0, 0.1) is 0 Å². The minimum absolute atomic E-state index is 0.398. The van der Waals surface area contributed by atoms with Crippen LogP contribution >= 0.6 is 0 Å². The van der Waals surface area contributed by atoms with Crippen molar-refractivity contribution in [1.82, 2.24) is 0 Å². The van der Waals surface area contributed by atoms with Gasteiger partial charge in [0, 0.05) is 5.56 Å². The zero-order chi connectivity index (χ0) is 17.0. The molecule has 0 heterocycles. The maximum absolute atomic E-state index is 5.75. The number of amidine groups is 1. The molecular formula is C21H29N3. The van der Waals surface area contributed by atoms with E-state index in [9.17, 15) is 0 Å². The topological polar surface area (TPSA) is 64.4 Å². The number of unbranched alkanes of at least 4 members (excludes halogenated alkanes) is 5. The molecule has 4 N–H and O–H groups in total. The summed E-state index contributed by atoms with van der Waals surface area (Å²) in [4.78, 5) is 0. The molecule has 2 aromatic rings. The summed E-state index contributed by atoms with van der Waals surface area (Å²) in [7, 11) is 0. The van der Waals surface area contributed by atoms with Gasteiger partial charge in [-0.1, -0.05) is 74.2 Å². The Morgan fingerprint density at radius 3 is 1.96 bits per heavy atom. The van der Waals surface area contributed by atoms with Crippen LogP contribution in [0.3, 0.4) is 0 Å². The standard InChI is InChI=1S/C21H29N3/c22-21(24-23)20-16-10-15-19(17-20)14-7-4-2-1-3-6-11-18-12-8-5-9-13-18/h5,8-10,12-13,15-17H,1-4,6-7,11,14,23H2,(H2,22,24). The van der Waals surface area contributed by atoms with Crippen LogP contribution in [-0.4, -0.2) is 5.84 Å². The lowest BCUT2D eigenvalue weighted by Crippen LogP contribution is -2.15. The fourth-order valence-corrected chi connectivity index (χ4v) is 2.97. The van der Waals surface area contributed by atoms with Crippen molar-refractivity contribution in [1.29, 1.82) is 0 Å². The highest BCUT2D eigenvalue weighted by molar-refractivity contribution is 5.97. The molecule has 0 aromatic heterocycles. The molecule has 0 spiro atoms. The van der Waals surface area contributed by atoms with Crippen LogP contribution < -0.4 is 11.6 Å². The first-order valence-corrected chi connectivity index (χ1v) is 8.96. The van der Waals surface area contributed by atoms with E-state index in [1.807, 2.05) is 12.1 Å². The van der Waals surface area contributed by atoms with Crippen LogP contribution in [0.15, 0.2) is 59.7 Å². The Hall–Kier alpha value is -2.29. The summed E-state index contributed by atoms with van der Waals surface area (Å²) >= 11 is 0. The normalized spacial score (nSPS) is 11.6. The summed E-state index contributed by atoms with van der Waals surface area (Å²) in [6.45, 7) is 0. The van der Waals surface area contributed by atoms with Gasteiger partial charge in [0.1, 0.15) is 5.84 Å². The second kappa shape index (κ2) is 10.5. The van der Waals surface area contributed by atoms with Gasteiger partial charge in [0.2, 0.25) is 0 Å². The third-order valence-corrected chi connectivity index (χ3v) is 4.39. The van der Waals surface area contributed by atoms with Crippen molar-refractivity contribution < 1.29 is 0 Å². The Kier molecular flexibility index (Phi) is 7.88. The summed E-state index contributed by atoms with van der Waals surface area (Å²) in [6.07, 6.45) is 10.1. The molecule has 0 saturated carbocycles. The smallest absolute Gasteiger partial charge is 0.150 e. The first-order chi connectivity index (χ1) is 11.8. The molecule has 0 radical (unpaired) electrons. The van der Waals surface area contributed by atoms with E-state index in [2.05, 4.69) is 47.6 Å². The average Bonchev–Trinajstić information content (AvgIpc) is 2.64. The fraction of sp³-hybridized carbons (Fsp3) is 0.381. The van der Waals surface area contributed by atoms with Gasteiger partial charge in [-0.2, -0.15) is 5.10 Å². The lowest BCUT2D eigenvalue weighted by atomic mass is 10.0. The van der Waals surface area contributed by atoms with Gasteiger partial charge in [0.25, 0.3) is 0 Å². The Morgan fingerprint density at radius 1 is 0.708 bits per heavy atom. The van der Waals surface area contributed by atoms with E-state index >= 15 is 0 Å². The summed E-state index contributed by atoms with van der Waals surface area (Å²) in [5.41, 5.74) is 9.43. The van der Waals surface area contributed by atoms with Crippen molar-refractivity contribution >= 4 is 5.84 Å². The molecule has 0 atom stereocenters. The van der Waals surface area contributed by atoms with Gasteiger partial charge in [0.05, 0.1) is 0 Å². The van der Waals surface area contributed by atoms with Gasteiger partial charge < -0.3 is 11.6 Å². The van der Waals surface area contributed by atoms with Gasteiger partial charge in [0.15, 0.2) is 0 Å². The van der Waals surface area contributed by atoms with E-state index in [0.717, 1.165) is 12.0 Å². The number of hydrazone groups is 1. The highest BCUT2D eigenvalue weighted by Crippen LogP contribution is 2.13. The minimum Gasteiger partial charge on any atom is -0.382 e. The number of benzene rings is 2. The quantitative estimate of drug-likeness (QED) is 0.224. The summed E-state index contributed by atoms with van der Waals surface area (Å²) in [6, 6.07) is 19.0. The number of nitrogens with zero attached hydrogens (tertiary/aromatic N) is 1. The Balaban J connectivity index is 1.55. The SMILES string of the molecule is NN=C(N)c1cccc(CCCCCCCCc2ccccc2)c1. The number of nitrogens with two attached hydrogens (primary N) is 2. The zero-order valence-electron chi connectivity index (χ0n) is 14.5. The first-order valence-electron chi connectivity index (χ1n) is 8.96. The molecular weight excluding hydrogens is 294 g/mol. The van der Waals surface area contributed by atoms with E-state index < -0.39 is 0 Å². The molecule has 24 heavy (non-hydrogen) atoms. The van der Waals surface area contributed by atoms with Crippen molar-refractivity contribution in [3.63, 3.8) is 0 Å². The van der Waals surface area contributed by atoms with Crippen LogP contribution in [0.1, 0.15) is 55.2 Å². The lowest BCUT2D eigenvalue weighted by molar-refractivity contribution is 0.594. The average molecular weight is 323 g/mol. The van der Waals surface area contributed by atoms with Crippen LogP contribution in [0.5, 0.6) is 0 Å². The van der Waals surface area contributed by atoms with Crippen molar-refractivity contribution in [2.75, 3.05) is 0 Å². The van der Waals surface area contributed by atoms with E-state index in [1.165, 1.54) is 56.1 Å². The first kappa shape index (κ1) is 18.1. The molecule has 0 aliphatic carbocycles. The predicted octanol–water partition coefficient (Wildman–Crippen LogP) is 4.39. The van der Waals surface area contributed by atoms with Gasteiger partial charge in [-0.25, -0.2) is 0 Å². The maximum Gasteiger partial charge on any atom is 0.150 e. The summed E-state index contributed by atoms with van der Waals surface area (Å²) < 4.78 is 0. The molecule has 0 bridgehead atoms. The van der Waals surface area contributed by atoms with Crippen LogP contribution in [0.25, 0.3) is 0 Å². The highest BCUT2D eigenvalue weighted by Gasteiger charge is 2.00. The van der Waals surface area contributed by atoms with Crippen molar-refractivity contribution in [2.24, 2.45) is 16.7 Å².